The maximum absolute atomic E-state index is 12.9. The van der Waals surface area contributed by atoms with Crippen molar-refractivity contribution in [3.8, 4) is 5.75 Å². The molecule has 0 spiro atoms. The third-order valence-electron chi connectivity index (χ3n) is 4.24. The summed E-state index contributed by atoms with van der Waals surface area (Å²) < 4.78 is 29.3. The first-order chi connectivity index (χ1) is 14.2. The molecule has 2 heterocycles. The van der Waals surface area contributed by atoms with Gasteiger partial charge in [-0.2, -0.15) is 0 Å². The monoisotopic (exact) mass is 431 g/mol. The maximum atomic E-state index is 12.9. The number of aryl methyl sites for hydroxylation is 1. The van der Waals surface area contributed by atoms with E-state index in [0.717, 1.165) is 10.4 Å². The Balaban J connectivity index is 1.69. The molecule has 158 valence electrons. The number of nitrogens with one attached hydrogen (secondary N) is 1. The molecule has 0 atom stereocenters. The van der Waals surface area contributed by atoms with Crippen LogP contribution in [0.5, 0.6) is 5.75 Å². The van der Waals surface area contributed by atoms with Gasteiger partial charge in [-0.3, -0.25) is 4.79 Å². The van der Waals surface area contributed by atoms with E-state index in [1.165, 1.54) is 41.7 Å². The van der Waals surface area contributed by atoms with Crippen LogP contribution in [0.15, 0.2) is 40.8 Å². The number of benzene rings is 1. The molecule has 0 fully saturated rings. The fraction of sp³-hybridized carbons (Fsp3) is 0.273. The molecule has 0 aliphatic rings. The molecular weight excluding hydrogens is 409 g/mol. The van der Waals surface area contributed by atoms with E-state index in [4.69, 9.17) is 13.9 Å². The molecule has 0 aliphatic heterocycles. The molecule has 1 amide bonds. The Labute approximate surface area is 177 Å². The largest absolute Gasteiger partial charge is 0.486 e. The minimum Gasteiger partial charge on any atom is -0.486 e. The Kier molecular flexibility index (Phi) is 6.56. The van der Waals surface area contributed by atoms with Crippen LogP contribution in [0.25, 0.3) is 0 Å². The van der Waals surface area contributed by atoms with Crippen LogP contribution < -0.4 is 10.1 Å². The van der Waals surface area contributed by atoms with Crippen LogP contribution in [0.1, 0.15) is 51.0 Å². The summed E-state index contributed by atoms with van der Waals surface area (Å²) in [7, 11) is 0. The molecule has 3 aromatic rings. The number of furan rings is 1. The first-order valence-corrected chi connectivity index (χ1v) is 10.2. The van der Waals surface area contributed by atoms with Crippen molar-refractivity contribution in [3.63, 3.8) is 0 Å². The lowest BCUT2D eigenvalue weighted by Gasteiger charge is -2.10. The minimum absolute atomic E-state index is 0.0830. The van der Waals surface area contributed by atoms with Gasteiger partial charge in [0.1, 0.15) is 28.9 Å². The van der Waals surface area contributed by atoms with Crippen LogP contribution in [-0.2, 0) is 11.3 Å². The lowest BCUT2D eigenvalue weighted by Crippen LogP contribution is -2.16. The second-order valence-corrected chi connectivity index (χ2v) is 8.13. The predicted molar refractivity (Wildman–Crippen MR) is 112 cm³/mol. The van der Waals surface area contributed by atoms with Crippen LogP contribution in [-0.4, -0.2) is 18.0 Å². The maximum Gasteiger partial charge on any atom is 0.341 e. The number of thiophene rings is 1. The van der Waals surface area contributed by atoms with Crippen molar-refractivity contribution in [2.75, 3.05) is 5.32 Å². The average molecular weight is 431 g/mol. The number of ether oxygens (including phenoxy) is 2. The quantitative estimate of drug-likeness (QED) is 0.500. The summed E-state index contributed by atoms with van der Waals surface area (Å²) >= 11 is 1.31. The van der Waals surface area contributed by atoms with E-state index >= 15 is 0 Å². The van der Waals surface area contributed by atoms with Gasteiger partial charge in [0.05, 0.1) is 11.7 Å². The Morgan fingerprint density at radius 2 is 1.83 bits per heavy atom. The first kappa shape index (κ1) is 21.6. The van der Waals surface area contributed by atoms with Gasteiger partial charge in [0.25, 0.3) is 5.91 Å². The number of rotatable bonds is 7. The van der Waals surface area contributed by atoms with E-state index < -0.39 is 11.9 Å². The highest BCUT2D eigenvalue weighted by atomic mass is 32.1. The van der Waals surface area contributed by atoms with E-state index in [1.54, 1.807) is 19.9 Å². The number of carbonyl (C=O) groups is 2. The SMILES string of the molecule is Cc1sc(NC(=O)c2ccc(COc3ccc(F)cc3)o2)c(C(=O)OC(C)C)c1C. The van der Waals surface area contributed by atoms with E-state index in [0.29, 0.717) is 22.1 Å². The summed E-state index contributed by atoms with van der Waals surface area (Å²) in [5.74, 6) is -0.313. The summed E-state index contributed by atoms with van der Waals surface area (Å²) in [6.07, 6.45) is -0.269. The van der Waals surface area contributed by atoms with E-state index in [1.807, 2.05) is 13.8 Å². The molecule has 0 saturated heterocycles. The van der Waals surface area contributed by atoms with Crippen molar-refractivity contribution in [1.29, 1.82) is 0 Å². The summed E-state index contributed by atoms with van der Waals surface area (Å²) in [6, 6.07) is 8.75. The second kappa shape index (κ2) is 9.13. The molecule has 6 nitrogen and oxygen atoms in total. The van der Waals surface area contributed by atoms with Crippen molar-refractivity contribution in [2.24, 2.45) is 0 Å². The van der Waals surface area contributed by atoms with Crippen LogP contribution in [0.3, 0.4) is 0 Å². The molecular formula is C22H22FNO5S. The summed E-state index contributed by atoms with van der Waals surface area (Å²) in [4.78, 5) is 26.0. The van der Waals surface area contributed by atoms with Gasteiger partial charge in [-0.1, -0.05) is 0 Å². The number of carbonyl (C=O) groups excluding carboxylic acids is 2. The zero-order valence-corrected chi connectivity index (χ0v) is 17.9. The average Bonchev–Trinajstić information content (AvgIpc) is 3.26. The van der Waals surface area contributed by atoms with Gasteiger partial charge in [0.15, 0.2) is 5.76 Å². The normalized spacial score (nSPS) is 10.9. The molecule has 2 aromatic heterocycles. The third-order valence-corrected chi connectivity index (χ3v) is 5.36. The molecule has 30 heavy (non-hydrogen) atoms. The number of halogens is 1. The van der Waals surface area contributed by atoms with Crippen molar-refractivity contribution in [2.45, 2.75) is 40.4 Å². The molecule has 0 radical (unpaired) electrons. The van der Waals surface area contributed by atoms with Gasteiger partial charge in [-0.05, 0) is 69.7 Å². The lowest BCUT2D eigenvalue weighted by molar-refractivity contribution is 0.0379. The summed E-state index contributed by atoms with van der Waals surface area (Å²) in [5.41, 5.74) is 1.12. The van der Waals surface area contributed by atoms with E-state index in [2.05, 4.69) is 5.32 Å². The number of esters is 1. The van der Waals surface area contributed by atoms with E-state index in [9.17, 15) is 14.0 Å². The number of hydrogen-bond acceptors (Lipinski definition) is 6. The standard InChI is InChI=1S/C22H22FNO5S/c1-12(2)28-22(26)19-13(3)14(4)30-21(19)24-20(25)18-10-9-17(29-18)11-27-16-7-5-15(23)6-8-16/h5-10,12H,11H2,1-4H3,(H,24,25). The highest BCUT2D eigenvalue weighted by Crippen LogP contribution is 2.33. The molecule has 0 saturated carbocycles. The van der Waals surface area contributed by atoms with Crippen LogP contribution in [0.2, 0.25) is 0 Å². The van der Waals surface area contributed by atoms with Crippen molar-refractivity contribution in [1.82, 2.24) is 0 Å². The van der Waals surface area contributed by atoms with Crippen molar-refractivity contribution < 1.29 is 27.9 Å². The third kappa shape index (κ3) is 5.07. The van der Waals surface area contributed by atoms with Gasteiger partial charge in [-0.15, -0.1) is 11.3 Å². The van der Waals surface area contributed by atoms with Gasteiger partial charge < -0.3 is 19.2 Å². The fourth-order valence-corrected chi connectivity index (χ4v) is 3.70. The molecule has 1 aromatic carbocycles. The smallest absolute Gasteiger partial charge is 0.341 e. The van der Waals surface area contributed by atoms with Crippen LogP contribution in [0, 0.1) is 19.7 Å². The van der Waals surface area contributed by atoms with Gasteiger partial charge >= 0.3 is 5.97 Å². The Hall–Kier alpha value is -3.13. The summed E-state index contributed by atoms with van der Waals surface area (Å²) in [5, 5.41) is 3.16. The number of hydrogen-bond donors (Lipinski definition) is 1. The second-order valence-electron chi connectivity index (χ2n) is 6.90. The van der Waals surface area contributed by atoms with Crippen molar-refractivity contribution >= 4 is 28.2 Å². The number of amides is 1. The fourth-order valence-electron chi connectivity index (χ4n) is 2.66. The van der Waals surface area contributed by atoms with Crippen LogP contribution in [0.4, 0.5) is 9.39 Å². The van der Waals surface area contributed by atoms with Gasteiger partial charge in [-0.25, -0.2) is 9.18 Å². The zero-order chi connectivity index (χ0) is 21.8. The zero-order valence-electron chi connectivity index (χ0n) is 17.1. The number of anilines is 1. The summed E-state index contributed by atoms with van der Waals surface area (Å²) in [6.45, 7) is 7.31. The molecule has 3 rings (SSSR count). The van der Waals surface area contributed by atoms with Gasteiger partial charge in [0.2, 0.25) is 0 Å². The predicted octanol–water partition coefficient (Wildman–Crippen LogP) is 5.49. The molecule has 0 unspecified atom stereocenters. The lowest BCUT2D eigenvalue weighted by atomic mass is 10.1. The highest BCUT2D eigenvalue weighted by molar-refractivity contribution is 7.16. The Morgan fingerprint density at radius 3 is 2.50 bits per heavy atom. The molecule has 1 N–H and O–H groups in total. The van der Waals surface area contributed by atoms with E-state index in [-0.39, 0.29) is 24.3 Å². The first-order valence-electron chi connectivity index (χ1n) is 9.34. The highest BCUT2D eigenvalue weighted by Gasteiger charge is 2.24. The Morgan fingerprint density at radius 1 is 1.13 bits per heavy atom. The topological polar surface area (TPSA) is 77.8 Å². The molecule has 0 bridgehead atoms. The molecule has 0 aliphatic carbocycles. The molecule has 8 heteroatoms. The minimum atomic E-state index is -0.483. The van der Waals surface area contributed by atoms with Crippen LogP contribution >= 0.6 is 11.3 Å². The van der Waals surface area contributed by atoms with Crippen molar-refractivity contribution in [3.05, 3.63) is 69.7 Å². The van der Waals surface area contributed by atoms with Gasteiger partial charge in [0, 0.05) is 4.88 Å². The Bertz CT molecular complexity index is 1050.